The van der Waals surface area contributed by atoms with E-state index in [1.807, 2.05) is 4.68 Å². The summed E-state index contributed by atoms with van der Waals surface area (Å²) in [5.74, 6) is 1.88. The predicted octanol–water partition coefficient (Wildman–Crippen LogP) is 6.35. The molecule has 1 aliphatic carbocycles. The molecular formula is C27H33FN4. The highest BCUT2D eigenvalue weighted by atomic mass is 19.1. The van der Waals surface area contributed by atoms with E-state index >= 15 is 0 Å². The van der Waals surface area contributed by atoms with E-state index in [4.69, 9.17) is 10.1 Å². The molecule has 2 aliphatic rings. The molecule has 2 aromatic carbocycles. The Hall–Kier alpha value is -2.53. The van der Waals surface area contributed by atoms with Gasteiger partial charge in [0.05, 0.1) is 12.2 Å². The van der Waals surface area contributed by atoms with Crippen LogP contribution in [0.1, 0.15) is 69.7 Å². The Balaban J connectivity index is 1.41. The Bertz CT molecular complexity index is 1040. The Kier molecular flexibility index (Phi) is 5.85. The molecule has 0 amide bonds. The molecular weight excluding hydrogens is 399 g/mol. The van der Waals surface area contributed by atoms with Crippen molar-refractivity contribution in [2.45, 2.75) is 64.8 Å². The second-order valence-electron chi connectivity index (χ2n) is 10.00. The van der Waals surface area contributed by atoms with Gasteiger partial charge in [0.1, 0.15) is 5.82 Å². The zero-order valence-corrected chi connectivity index (χ0v) is 19.2. The fourth-order valence-corrected chi connectivity index (χ4v) is 5.40. The van der Waals surface area contributed by atoms with Crippen molar-refractivity contribution in [3.8, 4) is 17.1 Å². The number of aromatic nitrogens is 3. The minimum absolute atomic E-state index is 0.244. The number of piperidine rings is 1. The molecule has 0 atom stereocenters. The number of halogens is 1. The zero-order valence-electron chi connectivity index (χ0n) is 19.2. The van der Waals surface area contributed by atoms with E-state index < -0.39 is 0 Å². The lowest BCUT2D eigenvalue weighted by Gasteiger charge is -2.39. The first-order chi connectivity index (χ1) is 15.5. The third-order valence-corrected chi connectivity index (χ3v) is 7.50. The third-order valence-electron chi connectivity index (χ3n) is 7.50. The fraction of sp³-hybridized carbons (Fsp3) is 0.481. The third kappa shape index (κ3) is 4.36. The first-order valence-electron chi connectivity index (χ1n) is 12.1. The van der Waals surface area contributed by atoms with E-state index in [1.165, 1.54) is 56.2 Å². The second kappa shape index (κ2) is 8.78. The van der Waals surface area contributed by atoms with E-state index in [1.54, 1.807) is 12.1 Å². The average Bonchev–Trinajstić information content (AvgIpc) is 3.44. The van der Waals surface area contributed by atoms with E-state index in [-0.39, 0.29) is 5.82 Å². The monoisotopic (exact) mass is 432 g/mol. The van der Waals surface area contributed by atoms with E-state index in [9.17, 15) is 4.39 Å². The normalized spacial score (nSPS) is 18.6. The van der Waals surface area contributed by atoms with Crippen molar-refractivity contribution in [1.29, 1.82) is 0 Å². The van der Waals surface area contributed by atoms with Crippen LogP contribution in [0.3, 0.4) is 0 Å². The van der Waals surface area contributed by atoms with Crippen molar-refractivity contribution in [3.05, 3.63) is 65.7 Å². The summed E-state index contributed by atoms with van der Waals surface area (Å²) in [6.07, 6.45) is 8.24. The topological polar surface area (TPSA) is 34.0 Å². The molecule has 2 fully saturated rings. The maximum absolute atomic E-state index is 13.5. The Morgan fingerprint density at radius 3 is 2.19 bits per heavy atom. The number of rotatable bonds is 5. The number of benzene rings is 2. The molecule has 32 heavy (non-hydrogen) atoms. The quantitative estimate of drug-likeness (QED) is 0.471. The van der Waals surface area contributed by atoms with Gasteiger partial charge in [-0.1, -0.05) is 51.0 Å². The highest BCUT2D eigenvalue weighted by Crippen LogP contribution is 2.46. The van der Waals surface area contributed by atoms with Gasteiger partial charge in [0, 0.05) is 5.56 Å². The van der Waals surface area contributed by atoms with Crippen LogP contribution in [-0.2, 0) is 6.54 Å². The van der Waals surface area contributed by atoms with Gasteiger partial charge in [0.15, 0.2) is 11.6 Å². The molecule has 0 unspecified atom stereocenters. The van der Waals surface area contributed by atoms with Crippen LogP contribution in [0, 0.1) is 11.2 Å². The van der Waals surface area contributed by atoms with E-state index in [0.29, 0.717) is 11.3 Å². The van der Waals surface area contributed by atoms with Crippen molar-refractivity contribution in [3.63, 3.8) is 0 Å². The van der Waals surface area contributed by atoms with Crippen molar-refractivity contribution in [2.24, 2.45) is 5.41 Å². The predicted molar refractivity (Wildman–Crippen MR) is 126 cm³/mol. The van der Waals surface area contributed by atoms with Crippen LogP contribution in [-0.4, -0.2) is 32.8 Å². The summed E-state index contributed by atoms with van der Waals surface area (Å²) in [7, 11) is 0. The van der Waals surface area contributed by atoms with Gasteiger partial charge in [0.2, 0.25) is 0 Å². The zero-order chi connectivity index (χ0) is 22.1. The maximum atomic E-state index is 13.5. The minimum Gasteiger partial charge on any atom is -0.296 e. The second-order valence-corrected chi connectivity index (χ2v) is 10.00. The minimum atomic E-state index is -0.244. The molecule has 0 bridgehead atoms. The Labute approximate surface area is 190 Å². The number of likely N-dealkylation sites (tertiary alicyclic amines) is 1. The van der Waals surface area contributed by atoms with Gasteiger partial charge in [-0.05, 0) is 79.9 Å². The summed E-state index contributed by atoms with van der Waals surface area (Å²) in [6.45, 7) is 7.42. The molecule has 1 spiro atoms. The largest absolute Gasteiger partial charge is 0.296 e. The lowest BCUT2D eigenvalue weighted by molar-refractivity contribution is 0.102. The van der Waals surface area contributed by atoms with Gasteiger partial charge < -0.3 is 0 Å². The molecule has 2 heterocycles. The van der Waals surface area contributed by atoms with Gasteiger partial charge in [-0.2, -0.15) is 0 Å². The van der Waals surface area contributed by atoms with Crippen LogP contribution in [0.15, 0.2) is 48.5 Å². The molecule has 0 radical (unpaired) electrons. The SMILES string of the molecule is CC(C)c1ccc(-c2nc(CN3CCC4(CCCC4)CC3)nn2-c2ccc(F)cc2)cc1. The fourth-order valence-electron chi connectivity index (χ4n) is 5.40. The lowest BCUT2D eigenvalue weighted by atomic mass is 9.77. The maximum Gasteiger partial charge on any atom is 0.165 e. The summed E-state index contributed by atoms with van der Waals surface area (Å²) in [4.78, 5) is 7.45. The molecule has 1 aromatic heterocycles. The first kappa shape index (κ1) is 21.3. The average molecular weight is 433 g/mol. The molecule has 5 rings (SSSR count). The highest BCUT2D eigenvalue weighted by Gasteiger charge is 2.37. The molecule has 1 saturated carbocycles. The molecule has 0 N–H and O–H groups in total. The smallest absolute Gasteiger partial charge is 0.165 e. The molecule has 3 aromatic rings. The van der Waals surface area contributed by atoms with Gasteiger partial charge in [-0.25, -0.2) is 14.1 Å². The summed E-state index contributed by atoms with van der Waals surface area (Å²) < 4.78 is 15.4. The molecule has 1 saturated heterocycles. The van der Waals surface area contributed by atoms with Crippen molar-refractivity contribution >= 4 is 0 Å². The molecule has 4 nitrogen and oxygen atoms in total. The number of nitrogens with zero attached hydrogens (tertiary/aromatic N) is 4. The van der Waals surface area contributed by atoms with Crippen LogP contribution in [0.4, 0.5) is 4.39 Å². The summed E-state index contributed by atoms with van der Waals surface area (Å²) >= 11 is 0. The summed E-state index contributed by atoms with van der Waals surface area (Å²) in [5.41, 5.74) is 3.77. The van der Waals surface area contributed by atoms with E-state index in [0.717, 1.165) is 42.5 Å². The number of hydrogen-bond acceptors (Lipinski definition) is 3. The van der Waals surface area contributed by atoms with Crippen molar-refractivity contribution in [2.75, 3.05) is 13.1 Å². The Morgan fingerprint density at radius 2 is 1.56 bits per heavy atom. The van der Waals surface area contributed by atoms with Crippen LogP contribution >= 0.6 is 0 Å². The number of hydrogen-bond donors (Lipinski definition) is 0. The van der Waals surface area contributed by atoms with Crippen LogP contribution in [0.2, 0.25) is 0 Å². The van der Waals surface area contributed by atoms with Crippen LogP contribution in [0.25, 0.3) is 17.1 Å². The van der Waals surface area contributed by atoms with Gasteiger partial charge >= 0.3 is 0 Å². The van der Waals surface area contributed by atoms with Crippen molar-refractivity contribution < 1.29 is 4.39 Å². The van der Waals surface area contributed by atoms with Gasteiger partial charge in [-0.15, -0.1) is 5.10 Å². The first-order valence-corrected chi connectivity index (χ1v) is 12.1. The summed E-state index contributed by atoms with van der Waals surface area (Å²) in [6, 6.07) is 15.1. The highest BCUT2D eigenvalue weighted by molar-refractivity contribution is 5.58. The molecule has 1 aliphatic heterocycles. The van der Waals surface area contributed by atoms with Crippen molar-refractivity contribution in [1.82, 2.24) is 19.7 Å². The van der Waals surface area contributed by atoms with Gasteiger partial charge in [-0.3, -0.25) is 4.90 Å². The Morgan fingerprint density at radius 1 is 0.906 bits per heavy atom. The van der Waals surface area contributed by atoms with Crippen LogP contribution < -0.4 is 0 Å². The van der Waals surface area contributed by atoms with Gasteiger partial charge in [0.25, 0.3) is 0 Å². The van der Waals surface area contributed by atoms with Crippen LogP contribution in [0.5, 0.6) is 0 Å². The lowest BCUT2D eigenvalue weighted by Crippen LogP contribution is -2.38. The summed E-state index contributed by atoms with van der Waals surface area (Å²) in [5, 5.41) is 4.87. The molecule has 168 valence electrons. The standard InChI is InChI=1S/C27H33FN4/c1-20(2)21-5-7-22(8-6-21)26-29-25(30-32(26)24-11-9-23(28)10-12-24)19-31-17-15-27(16-18-31)13-3-4-14-27/h5-12,20H,3-4,13-19H2,1-2H3. The molecule has 5 heteroatoms. The van der Waals surface area contributed by atoms with E-state index in [2.05, 4.69) is 43.0 Å².